The number of methoxy groups -OCH3 is 1. The van der Waals surface area contributed by atoms with Crippen LogP contribution in [0, 0.1) is 6.92 Å². The van der Waals surface area contributed by atoms with Gasteiger partial charge in [-0.25, -0.2) is 0 Å². The molecule has 1 atom stereocenters. The molecule has 0 radical (unpaired) electrons. The van der Waals surface area contributed by atoms with Crippen LogP contribution in [0.4, 0.5) is 0 Å². The van der Waals surface area contributed by atoms with E-state index in [2.05, 4.69) is 33.7 Å². The van der Waals surface area contributed by atoms with Gasteiger partial charge in [-0.2, -0.15) is 10.2 Å². The number of nitrogens with zero attached hydrogens (tertiary/aromatic N) is 4. The molecule has 0 saturated heterocycles. The summed E-state index contributed by atoms with van der Waals surface area (Å²) in [6.45, 7) is 4.87. The molecular weight excluding hydrogens is 256 g/mol. The van der Waals surface area contributed by atoms with Gasteiger partial charge in [0.05, 0.1) is 24.5 Å². The van der Waals surface area contributed by atoms with Gasteiger partial charge in [0.1, 0.15) is 0 Å². The highest BCUT2D eigenvalue weighted by Crippen LogP contribution is 2.17. The van der Waals surface area contributed by atoms with E-state index in [-0.39, 0.29) is 6.04 Å². The van der Waals surface area contributed by atoms with Crippen molar-refractivity contribution in [3.05, 3.63) is 35.3 Å². The maximum absolute atomic E-state index is 5.64. The molecule has 0 aliphatic rings. The van der Waals surface area contributed by atoms with Crippen LogP contribution in [0.25, 0.3) is 0 Å². The number of ether oxygens (including phenoxy) is 1. The highest BCUT2D eigenvalue weighted by molar-refractivity contribution is 5.17. The zero-order valence-electron chi connectivity index (χ0n) is 12.0. The van der Waals surface area contributed by atoms with Gasteiger partial charge in [-0.1, -0.05) is 0 Å². The lowest BCUT2D eigenvalue weighted by Gasteiger charge is -2.15. The molecule has 2 aromatic rings. The predicted molar refractivity (Wildman–Crippen MR) is 75.0 cm³/mol. The first-order valence-corrected chi connectivity index (χ1v) is 6.55. The molecule has 1 unspecified atom stereocenters. The Morgan fingerprint density at radius 1 is 1.40 bits per heavy atom. The van der Waals surface area contributed by atoms with E-state index >= 15 is 0 Å². The van der Waals surface area contributed by atoms with E-state index in [9.17, 15) is 0 Å². The molecule has 0 fully saturated rings. The van der Waals surface area contributed by atoms with Gasteiger partial charge in [-0.05, 0) is 26.0 Å². The van der Waals surface area contributed by atoms with E-state index in [0.29, 0.717) is 12.3 Å². The van der Waals surface area contributed by atoms with Crippen LogP contribution in [0.5, 0.6) is 5.88 Å². The molecule has 7 nitrogen and oxygen atoms in total. The van der Waals surface area contributed by atoms with Gasteiger partial charge in [0, 0.05) is 24.7 Å². The number of hydrazine groups is 1. The molecule has 0 saturated carbocycles. The molecule has 20 heavy (non-hydrogen) atoms. The maximum Gasteiger partial charge on any atom is 0.233 e. The second-order valence-electron chi connectivity index (χ2n) is 4.52. The second-order valence-corrected chi connectivity index (χ2v) is 4.52. The first-order chi connectivity index (χ1) is 9.67. The lowest BCUT2D eigenvalue weighted by Crippen LogP contribution is -2.31. The Hall–Kier alpha value is -1.99. The van der Waals surface area contributed by atoms with Crippen molar-refractivity contribution in [3.63, 3.8) is 0 Å². The van der Waals surface area contributed by atoms with Crippen LogP contribution in [0.2, 0.25) is 0 Å². The van der Waals surface area contributed by atoms with E-state index in [1.165, 1.54) is 0 Å². The van der Waals surface area contributed by atoms with Gasteiger partial charge < -0.3 is 4.74 Å². The summed E-state index contributed by atoms with van der Waals surface area (Å²) in [5.41, 5.74) is 5.67. The first kappa shape index (κ1) is 14.4. The Morgan fingerprint density at radius 2 is 2.20 bits per heavy atom. The average Bonchev–Trinajstić information content (AvgIpc) is 2.84. The van der Waals surface area contributed by atoms with Gasteiger partial charge >= 0.3 is 0 Å². The van der Waals surface area contributed by atoms with Crippen molar-refractivity contribution < 1.29 is 4.74 Å². The zero-order chi connectivity index (χ0) is 14.5. The fourth-order valence-corrected chi connectivity index (χ4v) is 2.12. The Morgan fingerprint density at radius 3 is 2.75 bits per heavy atom. The molecule has 2 heterocycles. The average molecular weight is 276 g/mol. The third-order valence-corrected chi connectivity index (χ3v) is 3.13. The van der Waals surface area contributed by atoms with Gasteiger partial charge in [0.2, 0.25) is 5.88 Å². The highest BCUT2D eigenvalue weighted by atomic mass is 16.5. The van der Waals surface area contributed by atoms with E-state index < -0.39 is 0 Å². The third kappa shape index (κ3) is 3.12. The van der Waals surface area contributed by atoms with E-state index in [1.54, 1.807) is 13.2 Å². The summed E-state index contributed by atoms with van der Waals surface area (Å²) < 4.78 is 6.97. The van der Waals surface area contributed by atoms with E-state index in [0.717, 1.165) is 23.6 Å². The molecule has 0 aliphatic carbocycles. The SMILES string of the molecule is CCn1nc(C)cc1CC(NN)c1ccc(OC)nn1. The van der Waals surface area contributed by atoms with E-state index in [1.807, 2.05) is 17.7 Å². The topological polar surface area (TPSA) is 90.9 Å². The fraction of sp³-hybridized carbons (Fsp3) is 0.462. The van der Waals surface area contributed by atoms with Crippen LogP contribution in [-0.2, 0) is 13.0 Å². The molecule has 0 bridgehead atoms. The summed E-state index contributed by atoms with van der Waals surface area (Å²) in [4.78, 5) is 0. The van der Waals surface area contributed by atoms with Gasteiger partial charge in [-0.15, -0.1) is 5.10 Å². The fourth-order valence-electron chi connectivity index (χ4n) is 2.12. The summed E-state index contributed by atoms with van der Waals surface area (Å²) in [5.74, 6) is 6.13. The molecule has 0 aromatic carbocycles. The molecule has 0 aliphatic heterocycles. The number of nitrogens with one attached hydrogen (secondary N) is 1. The van der Waals surface area contributed by atoms with Crippen LogP contribution >= 0.6 is 0 Å². The normalized spacial score (nSPS) is 12.4. The summed E-state index contributed by atoms with van der Waals surface area (Å²) in [5, 5.41) is 12.5. The molecule has 2 rings (SSSR count). The number of hydrogen-bond acceptors (Lipinski definition) is 6. The monoisotopic (exact) mass is 276 g/mol. The minimum absolute atomic E-state index is 0.116. The van der Waals surface area contributed by atoms with Crippen LogP contribution < -0.4 is 16.0 Å². The Balaban J connectivity index is 2.19. The molecule has 108 valence electrons. The molecular formula is C13H20N6O. The third-order valence-electron chi connectivity index (χ3n) is 3.13. The van der Waals surface area contributed by atoms with Crippen molar-refractivity contribution in [3.8, 4) is 5.88 Å². The molecule has 0 spiro atoms. The van der Waals surface area contributed by atoms with Crippen LogP contribution in [0.1, 0.15) is 30.0 Å². The summed E-state index contributed by atoms with van der Waals surface area (Å²) in [7, 11) is 1.56. The van der Waals surface area contributed by atoms with Crippen LogP contribution in [0.3, 0.4) is 0 Å². The molecule has 0 amide bonds. The predicted octanol–water partition coefficient (Wildman–Crippen LogP) is 0.757. The van der Waals surface area contributed by atoms with E-state index in [4.69, 9.17) is 10.6 Å². The lowest BCUT2D eigenvalue weighted by molar-refractivity contribution is 0.389. The van der Waals surface area contributed by atoms with Gasteiger partial charge in [0.25, 0.3) is 0 Å². The largest absolute Gasteiger partial charge is 0.480 e. The number of nitrogens with two attached hydrogens (primary N) is 1. The summed E-state index contributed by atoms with van der Waals surface area (Å²) >= 11 is 0. The van der Waals surface area contributed by atoms with Crippen molar-refractivity contribution in [2.75, 3.05) is 7.11 Å². The maximum atomic E-state index is 5.64. The molecule has 2 aromatic heterocycles. The summed E-state index contributed by atoms with van der Waals surface area (Å²) in [6, 6.07) is 5.57. The van der Waals surface area contributed by atoms with Crippen molar-refractivity contribution in [2.24, 2.45) is 5.84 Å². The number of aryl methyl sites for hydroxylation is 2. The van der Waals surface area contributed by atoms with Crippen molar-refractivity contribution in [1.29, 1.82) is 0 Å². The van der Waals surface area contributed by atoms with Crippen LogP contribution in [0.15, 0.2) is 18.2 Å². The quantitative estimate of drug-likeness (QED) is 0.598. The van der Waals surface area contributed by atoms with Crippen molar-refractivity contribution in [2.45, 2.75) is 32.9 Å². The van der Waals surface area contributed by atoms with Crippen molar-refractivity contribution in [1.82, 2.24) is 25.4 Å². The first-order valence-electron chi connectivity index (χ1n) is 6.55. The zero-order valence-corrected chi connectivity index (χ0v) is 12.0. The second kappa shape index (κ2) is 6.44. The Bertz CT molecular complexity index is 550. The minimum atomic E-state index is -0.116. The number of aromatic nitrogens is 4. The lowest BCUT2D eigenvalue weighted by atomic mass is 10.1. The standard InChI is InChI=1S/C13H20N6O/c1-4-19-10(7-9(2)18-19)8-12(15-14)11-5-6-13(20-3)17-16-11/h5-7,12,15H,4,8,14H2,1-3H3. The Labute approximate surface area is 118 Å². The smallest absolute Gasteiger partial charge is 0.233 e. The molecule has 3 N–H and O–H groups in total. The van der Waals surface area contributed by atoms with Crippen LogP contribution in [-0.4, -0.2) is 27.1 Å². The minimum Gasteiger partial charge on any atom is -0.480 e. The Kier molecular flexibility index (Phi) is 4.65. The number of rotatable bonds is 6. The summed E-state index contributed by atoms with van der Waals surface area (Å²) in [6.07, 6.45) is 0.701. The number of hydrogen-bond donors (Lipinski definition) is 2. The van der Waals surface area contributed by atoms with Crippen molar-refractivity contribution >= 4 is 0 Å². The van der Waals surface area contributed by atoms with Gasteiger partial charge in [-0.3, -0.25) is 16.0 Å². The van der Waals surface area contributed by atoms with Gasteiger partial charge in [0.15, 0.2) is 0 Å². The molecule has 7 heteroatoms. The highest BCUT2D eigenvalue weighted by Gasteiger charge is 2.16.